The molecule has 60 heavy (non-hydrogen) atoms. The van der Waals surface area contributed by atoms with E-state index in [1.807, 2.05) is 62.4 Å². The molecule has 0 unspecified atom stereocenters. The third kappa shape index (κ3) is 7.00. The van der Waals surface area contributed by atoms with Crippen molar-refractivity contribution in [1.82, 2.24) is 45.6 Å². The standard InChI is InChI=1S/C21H21N7O3.C20H23N7O2/c1-12-14-3-2-13(10-16(14)27-26-12)23-19-24-15-4-9-30-17(15)18(25-19)28-7-5-21(6-8-28)11-22-20(29)31-21;1-12-14-3-2-13(10-16(14)26-25-12)22-19-23-15-4-9-29-17(15)18(24-19)27-7-5-20(28,11-21)6-8-27/h2-4,9-10H,5-8,11H2,1H3,(H,22,29)(H,26,27)(H,23,24,25);2-4,9-10,28H,5-8,11,21H2,1H3,(H,25,26)(H,22,23,24). The fourth-order valence-electron chi connectivity index (χ4n) is 8.19. The Hall–Kier alpha value is -6.99. The molecule has 19 nitrogen and oxygen atoms in total. The van der Waals surface area contributed by atoms with Gasteiger partial charge in [0.2, 0.25) is 11.9 Å². The molecule has 0 aliphatic carbocycles. The first kappa shape index (κ1) is 37.3. The first-order valence-corrected chi connectivity index (χ1v) is 20.0. The van der Waals surface area contributed by atoms with Gasteiger partial charge in [0.1, 0.15) is 16.6 Å². The number of H-pyrrole nitrogens is 2. The van der Waals surface area contributed by atoms with Crippen LogP contribution in [0.2, 0.25) is 0 Å². The van der Waals surface area contributed by atoms with Gasteiger partial charge in [0.05, 0.1) is 35.7 Å². The van der Waals surface area contributed by atoms with E-state index in [2.05, 4.69) is 56.1 Å². The Morgan fingerprint density at radius 1 is 0.717 bits per heavy atom. The van der Waals surface area contributed by atoms with Crippen molar-refractivity contribution < 1.29 is 23.5 Å². The Kier molecular flexibility index (Phi) is 9.12. The summed E-state index contributed by atoms with van der Waals surface area (Å²) < 4.78 is 16.9. The number of rotatable bonds is 7. The fourth-order valence-corrected chi connectivity index (χ4v) is 8.19. The number of alkyl carbamates (subject to hydrolysis) is 1. The van der Waals surface area contributed by atoms with Crippen LogP contribution in [-0.2, 0) is 4.74 Å². The molecule has 308 valence electrons. The van der Waals surface area contributed by atoms with E-state index in [1.54, 1.807) is 12.5 Å². The number of nitrogens with two attached hydrogens (primary N) is 1. The van der Waals surface area contributed by atoms with Crippen LogP contribution in [0, 0.1) is 13.8 Å². The van der Waals surface area contributed by atoms with E-state index >= 15 is 0 Å². The second-order valence-electron chi connectivity index (χ2n) is 15.8. The summed E-state index contributed by atoms with van der Waals surface area (Å²) in [6, 6.07) is 15.6. The Labute approximate surface area is 342 Å². The average Bonchev–Trinajstić information content (AvgIpc) is 4.12. The minimum Gasteiger partial charge on any atom is -0.459 e. The van der Waals surface area contributed by atoms with Gasteiger partial charge in [-0.1, -0.05) is 0 Å². The molecule has 0 saturated carbocycles. The van der Waals surface area contributed by atoms with Crippen molar-refractivity contribution in [2.24, 2.45) is 5.73 Å². The highest BCUT2D eigenvalue weighted by Crippen LogP contribution is 2.36. The highest BCUT2D eigenvalue weighted by molar-refractivity contribution is 5.89. The summed E-state index contributed by atoms with van der Waals surface area (Å²) in [7, 11) is 0. The minimum atomic E-state index is -0.802. The normalized spacial score (nSPS) is 17.3. The summed E-state index contributed by atoms with van der Waals surface area (Å²) in [4.78, 5) is 34.5. The molecule has 3 fully saturated rings. The molecule has 1 amide bonds. The maximum atomic E-state index is 11.5. The van der Waals surface area contributed by atoms with Gasteiger partial charge < -0.3 is 50.2 Å². The maximum absolute atomic E-state index is 11.5. The lowest BCUT2D eigenvalue weighted by molar-refractivity contribution is 0.0248. The molecule has 8 N–H and O–H groups in total. The molecule has 3 saturated heterocycles. The first-order valence-electron chi connectivity index (χ1n) is 20.0. The summed E-state index contributed by atoms with van der Waals surface area (Å²) >= 11 is 0. The smallest absolute Gasteiger partial charge is 0.407 e. The van der Waals surface area contributed by atoms with Gasteiger partial charge in [-0.05, 0) is 63.1 Å². The van der Waals surface area contributed by atoms with Crippen LogP contribution < -0.4 is 31.5 Å². The fraction of sp³-hybridized carbons (Fsp3) is 0.341. The van der Waals surface area contributed by atoms with E-state index in [1.165, 1.54) is 0 Å². The van der Waals surface area contributed by atoms with Crippen molar-refractivity contribution in [2.45, 2.75) is 50.7 Å². The lowest BCUT2D eigenvalue weighted by Crippen LogP contribution is -2.49. The number of aliphatic hydroxyl groups is 1. The number of hydrogen-bond acceptors (Lipinski definition) is 16. The molecule has 8 aromatic rings. The van der Waals surface area contributed by atoms with Crippen LogP contribution in [0.4, 0.5) is 39.7 Å². The maximum Gasteiger partial charge on any atom is 0.407 e. The van der Waals surface area contributed by atoms with Crippen molar-refractivity contribution in [1.29, 1.82) is 0 Å². The number of fused-ring (bicyclic) bond motifs is 4. The highest BCUT2D eigenvalue weighted by atomic mass is 16.6. The Bertz CT molecular complexity index is 2860. The zero-order chi connectivity index (χ0) is 41.0. The molecule has 11 rings (SSSR count). The van der Waals surface area contributed by atoms with Crippen LogP contribution in [0.1, 0.15) is 37.1 Å². The second-order valence-corrected chi connectivity index (χ2v) is 15.8. The molecular weight excluding hydrogens is 769 g/mol. The predicted octanol–water partition coefficient (Wildman–Crippen LogP) is 5.67. The van der Waals surface area contributed by atoms with Crippen LogP contribution in [0.25, 0.3) is 44.0 Å². The molecule has 2 aromatic carbocycles. The van der Waals surface area contributed by atoms with Gasteiger partial charge in [-0.25, -0.2) is 14.8 Å². The number of piperidine rings is 2. The summed E-state index contributed by atoms with van der Waals surface area (Å²) in [5.74, 6) is 2.43. The van der Waals surface area contributed by atoms with Crippen molar-refractivity contribution in [3.05, 3.63) is 72.4 Å². The number of anilines is 6. The summed E-state index contributed by atoms with van der Waals surface area (Å²) in [5.41, 5.74) is 12.8. The lowest BCUT2D eigenvalue weighted by Gasteiger charge is -2.37. The third-order valence-corrected chi connectivity index (χ3v) is 11.8. The topological polar surface area (TPSA) is 250 Å². The number of nitrogens with one attached hydrogen (secondary N) is 5. The Balaban J connectivity index is 0.000000145. The van der Waals surface area contributed by atoms with E-state index in [0.717, 1.165) is 80.1 Å². The average molecular weight is 813 g/mol. The van der Waals surface area contributed by atoms with Gasteiger partial charge in [0, 0.05) is 91.2 Å². The van der Waals surface area contributed by atoms with E-state index in [9.17, 15) is 9.90 Å². The van der Waals surface area contributed by atoms with Gasteiger partial charge in [-0.15, -0.1) is 0 Å². The van der Waals surface area contributed by atoms with Crippen LogP contribution in [-0.4, -0.2) is 102 Å². The Morgan fingerprint density at radius 2 is 1.22 bits per heavy atom. The molecule has 0 bridgehead atoms. The number of hydrogen-bond donors (Lipinski definition) is 7. The number of ether oxygens (including phenoxy) is 1. The third-order valence-electron chi connectivity index (χ3n) is 11.8. The lowest BCUT2D eigenvalue weighted by atomic mass is 9.91. The molecule has 0 atom stereocenters. The molecule has 0 radical (unpaired) electrons. The zero-order valence-corrected chi connectivity index (χ0v) is 33.1. The SMILES string of the molecule is Cc1[nH]nc2cc(Nc3nc(N4CCC(O)(CN)CC4)c4occc4n3)ccc12.Cc1[nH]nc2cc(Nc3nc(N4CCC5(CC4)CNC(=O)O5)c4occc4n3)ccc12. The molecule has 9 heterocycles. The number of carbonyl (C=O) groups excluding carboxylic acids is 1. The summed E-state index contributed by atoms with van der Waals surface area (Å²) in [5, 5.41) is 36.6. The molecule has 6 aromatic heterocycles. The van der Waals surface area contributed by atoms with E-state index in [0.29, 0.717) is 68.6 Å². The van der Waals surface area contributed by atoms with Crippen molar-refractivity contribution in [3.63, 3.8) is 0 Å². The van der Waals surface area contributed by atoms with E-state index in [4.69, 9.17) is 29.3 Å². The Morgan fingerprint density at radius 3 is 1.68 bits per heavy atom. The first-order chi connectivity index (χ1) is 29.1. The molecule has 3 aliphatic heterocycles. The number of benzene rings is 2. The van der Waals surface area contributed by atoms with Crippen molar-refractivity contribution in [2.75, 3.05) is 59.7 Å². The monoisotopic (exact) mass is 812 g/mol. The zero-order valence-electron chi connectivity index (χ0n) is 33.1. The molecule has 3 aliphatic rings. The van der Waals surface area contributed by atoms with Gasteiger partial charge in [0.25, 0.3) is 0 Å². The van der Waals surface area contributed by atoms with Crippen LogP contribution in [0.3, 0.4) is 0 Å². The number of nitrogens with zero attached hydrogens (tertiary/aromatic N) is 8. The van der Waals surface area contributed by atoms with E-state index in [-0.39, 0.29) is 12.6 Å². The van der Waals surface area contributed by atoms with Crippen LogP contribution in [0.5, 0.6) is 0 Å². The van der Waals surface area contributed by atoms with Crippen LogP contribution >= 0.6 is 0 Å². The number of amides is 1. The van der Waals surface area contributed by atoms with Gasteiger partial charge in [-0.3, -0.25) is 10.2 Å². The van der Waals surface area contributed by atoms with Crippen molar-refractivity contribution in [3.8, 4) is 0 Å². The largest absolute Gasteiger partial charge is 0.459 e. The minimum absolute atomic E-state index is 0.267. The number of aryl methyl sites for hydroxylation is 2. The van der Waals surface area contributed by atoms with Crippen molar-refractivity contribution >= 4 is 85.0 Å². The quantitative estimate of drug-likeness (QED) is 0.102. The summed E-state index contributed by atoms with van der Waals surface area (Å²) in [6.07, 6.45) is 5.55. The van der Waals surface area contributed by atoms with Crippen LogP contribution in [0.15, 0.2) is 69.9 Å². The predicted molar refractivity (Wildman–Crippen MR) is 226 cm³/mol. The highest BCUT2D eigenvalue weighted by Gasteiger charge is 2.43. The second kappa shape index (κ2) is 14.7. The van der Waals surface area contributed by atoms with Gasteiger partial charge in [0.15, 0.2) is 22.8 Å². The van der Waals surface area contributed by atoms with Gasteiger partial charge >= 0.3 is 6.09 Å². The molecule has 1 spiro atoms. The molecular formula is C41H44N14O5. The van der Waals surface area contributed by atoms with E-state index < -0.39 is 11.2 Å². The number of aromatic amines is 2. The number of carbonyl (C=O) groups is 1. The van der Waals surface area contributed by atoms with Gasteiger partial charge in [-0.2, -0.15) is 20.2 Å². The number of furan rings is 2. The number of aromatic nitrogens is 8. The molecule has 19 heteroatoms. The summed E-state index contributed by atoms with van der Waals surface area (Å²) in [6.45, 7) is 7.53.